The number of nitrogens with one attached hydrogen (secondary N) is 1. The Balaban J connectivity index is 2.19. The second kappa shape index (κ2) is 8.37. The first-order valence-electron chi connectivity index (χ1n) is 7.72. The van der Waals surface area contributed by atoms with E-state index in [1.807, 2.05) is 6.07 Å². The van der Waals surface area contributed by atoms with E-state index in [4.69, 9.17) is 26.3 Å². The molecule has 2 rings (SSSR count). The van der Waals surface area contributed by atoms with E-state index in [1.165, 1.54) is 7.11 Å². The van der Waals surface area contributed by atoms with Crippen molar-refractivity contribution in [1.82, 2.24) is 0 Å². The van der Waals surface area contributed by atoms with Crippen molar-refractivity contribution >= 4 is 29.2 Å². The number of anilines is 1. The van der Waals surface area contributed by atoms with Gasteiger partial charge in [0.1, 0.15) is 11.3 Å². The Morgan fingerprint density at radius 1 is 1.19 bits per heavy atom. The van der Waals surface area contributed by atoms with Crippen LogP contribution in [0.3, 0.4) is 0 Å². The number of methoxy groups -OCH3 is 1. The zero-order valence-corrected chi connectivity index (χ0v) is 15.3. The number of esters is 1. The van der Waals surface area contributed by atoms with Gasteiger partial charge >= 0.3 is 5.97 Å². The van der Waals surface area contributed by atoms with Crippen LogP contribution in [0.5, 0.6) is 5.75 Å². The number of nitriles is 1. The first-order valence-corrected chi connectivity index (χ1v) is 8.10. The average Bonchev–Trinajstić information content (AvgIpc) is 2.64. The van der Waals surface area contributed by atoms with Gasteiger partial charge in [0.25, 0.3) is 5.91 Å². The molecular formula is C19H17ClN2O4. The molecule has 2 aromatic carbocycles. The molecule has 7 heteroatoms. The topological polar surface area (TPSA) is 88.4 Å². The fourth-order valence-electron chi connectivity index (χ4n) is 2.23. The number of hydrogen-bond donors (Lipinski definition) is 1. The van der Waals surface area contributed by atoms with Crippen LogP contribution < -0.4 is 10.1 Å². The van der Waals surface area contributed by atoms with Crippen molar-refractivity contribution in [3.63, 3.8) is 0 Å². The molecule has 0 unspecified atom stereocenters. The summed E-state index contributed by atoms with van der Waals surface area (Å²) in [6, 6.07) is 11.7. The van der Waals surface area contributed by atoms with Crippen LogP contribution >= 0.6 is 11.6 Å². The summed E-state index contributed by atoms with van der Waals surface area (Å²) in [5.74, 6) is -0.651. The summed E-state index contributed by atoms with van der Waals surface area (Å²) in [5, 5.41) is 11.7. The molecule has 0 heterocycles. The van der Waals surface area contributed by atoms with Crippen molar-refractivity contribution in [2.45, 2.75) is 20.0 Å². The third-order valence-corrected chi connectivity index (χ3v) is 3.98. The molecule has 0 fully saturated rings. The second-order valence-corrected chi connectivity index (χ2v) is 5.90. The first kappa shape index (κ1) is 19.3. The number of ether oxygens (including phenoxy) is 2. The van der Waals surface area contributed by atoms with Gasteiger partial charge in [-0.05, 0) is 49.7 Å². The number of carbonyl (C=O) groups excluding carboxylic acids is 2. The normalized spacial score (nSPS) is 11.2. The monoisotopic (exact) mass is 372 g/mol. The molecule has 0 aliphatic rings. The van der Waals surface area contributed by atoms with Crippen molar-refractivity contribution in [3.8, 4) is 11.8 Å². The van der Waals surface area contributed by atoms with E-state index in [0.717, 1.165) is 0 Å². The molecule has 1 atom stereocenters. The average molecular weight is 373 g/mol. The number of hydrogen-bond acceptors (Lipinski definition) is 5. The van der Waals surface area contributed by atoms with Crippen LogP contribution in [-0.4, -0.2) is 25.1 Å². The summed E-state index contributed by atoms with van der Waals surface area (Å²) in [6.07, 6.45) is -0.841. The van der Waals surface area contributed by atoms with Gasteiger partial charge in [-0.15, -0.1) is 0 Å². The third-order valence-electron chi connectivity index (χ3n) is 3.67. The van der Waals surface area contributed by atoms with Crippen LogP contribution in [0.15, 0.2) is 36.4 Å². The van der Waals surface area contributed by atoms with E-state index in [1.54, 1.807) is 50.2 Å². The molecule has 2 aromatic rings. The molecule has 0 spiro atoms. The van der Waals surface area contributed by atoms with Gasteiger partial charge in [0, 0.05) is 0 Å². The van der Waals surface area contributed by atoms with Crippen LogP contribution in [0.25, 0.3) is 0 Å². The number of benzene rings is 2. The van der Waals surface area contributed by atoms with Crippen LogP contribution in [0.4, 0.5) is 5.69 Å². The molecule has 0 aliphatic carbocycles. The lowest BCUT2D eigenvalue weighted by Crippen LogP contribution is -2.31. The predicted octanol–water partition coefficient (Wildman–Crippen LogP) is 3.71. The van der Waals surface area contributed by atoms with Crippen molar-refractivity contribution < 1.29 is 19.1 Å². The summed E-state index contributed by atoms with van der Waals surface area (Å²) >= 11 is 6.09. The van der Waals surface area contributed by atoms with E-state index in [2.05, 4.69) is 5.32 Å². The third kappa shape index (κ3) is 4.32. The maximum absolute atomic E-state index is 12.5. The molecule has 0 aromatic heterocycles. The quantitative estimate of drug-likeness (QED) is 0.808. The van der Waals surface area contributed by atoms with E-state index in [9.17, 15) is 9.59 Å². The molecular weight excluding hydrogens is 356 g/mol. The number of amides is 1. The highest BCUT2D eigenvalue weighted by molar-refractivity contribution is 6.34. The summed E-state index contributed by atoms with van der Waals surface area (Å²) in [7, 11) is 1.24. The Morgan fingerprint density at radius 3 is 2.42 bits per heavy atom. The van der Waals surface area contributed by atoms with Crippen LogP contribution in [0.2, 0.25) is 5.02 Å². The van der Waals surface area contributed by atoms with Crippen LogP contribution in [0.1, 0.15) is 28.4 Å². The summed E-state index contributed by atoms with van der Waals surface area (Å²) < 4.78 is 10.3. The first-order chi connectivity index (χ1) is 12.4. The minimum absolute atomic E-state index is 0.0908. The molecule has 0 saturated heterocycles. The van der Waals surface area contributed by atoms with Gasteiger partial charge in [-0.2, -0.15) is 5.26 Å². The SMILES string of the molecule is COC(=O)c1c(Cl)ccc(C)c1NC(=O)[C@@H](C)Oc1ccc(C#N)cc1. The molecule has 0 radical (unpaired) electrons. The Bertz CT molecular complexity index is 872. The molecule has 26 heavy (non-hydrogen) atoms. The maximum atomic E-state index is 12.5. The van der Waals surface area contributed by atoms with Crippen molar-refractivity contribution in [2.75, 3.05) is 12.4 Å². The summed E-state index contributed by atoms with van der Waals surface area (Å²) in [5.41, 5.74) is 1.53. The van der Waals surface area contributed by atoms with Gasteiger partial charge in [0.2, 0.25) is 0 Å². The second-order valence-electron chi connectivity index (χ2n) is 5.49. The minimum Gasteiger partial charge on any atom is -0.481 e. The number of aryl methyl sites for hydroxylation is 1. The molecule has 0 aliphatic heterocycles. The maximum Gasteiger partial charge on any atom is 0.341 e. The number of nitrogens with zero attached hydrogens (tertiary/aromatic N) is 1. The fourth-order valence-corrected chi connectivity index (χ4v) is 2.47. The highest BCUT2D eigenvalue weighted by atomic mass is 35.5. The molecule has 134 valence electrons. The molecule has 0 saturated carbocycles. The highest BCUT2D eigenvalue weighted by Crippen LogP contribution is 2.29. The van der Waals surface area contributed by atoms with Crippen LogP contribution in [0, 0.1) is 18.3 Å². The van der Waals surface area contributed by atoms with E-state index in [-0.39, 0.29) is 16.3 Å². The highest BCUT2D eigenvalue weighted by Gasteiger charge is 2.22. The van der Waals surface area contributed by atoms with Gasteiger partial charge in [0.05, 0.1) is 29.5 Å². The molecule has 1 amide bonds. The van der Waals surface area contributed by atoms with Crippen molar-refractivity contribution in [2.24, 2.45) is 0 Å². The zero-order chi connectivity index (χ0) is 19.3. The van der Waals surface area contributed by atoms with E-state index >= 15 is 0 Å². The minimum atomic E-state index is -0.841. The molecule has 6 nitrogen and oxygen atoms in total. The Labute approximate surface area is 156 Å². The number of rotatable bonds is 5. The lowest BCUT2D eigenvalue weighted by atomic mass is 10.1. The van der Waals surface area contributed by atoms with Gasteiger partial charge < -0.3 is 14.8 Å². The van der Waals surface area contributed by atoms with Gasteiger partial charge in [-0.25, -0.2) is 4.79 Å². The Morgan fingerprint density at radius 2 is 1.85 bits per heavy atom. The summed E-state index contributed by atoms with van der Waals surface area (Å²) in [4.78, 5) is 24.5. The number of carbonyl (C=O) groups is 2. The standard InChI is InChI=1S/C19H17ClN2O4/c1-11-4-9-15(20)16(19(24)25-3)17(11)22-18(23)12(2)26-14-7-5-13(10-21)6-8-14/h4-9,12H,1-3H3,(H,22,23)/t12-/m1/s1. The van der Waals surface area contributed by atoms with Crippen molar-refractivity contribution in [1.29, 1.82) is 5.26 Å². The van der Waals surface area contributed by atoms with E-state index in [0.29, 0.717) is 16.9 Å². The Kier molecular flexibility index (Phi) is 6.21. The van der Waals surface area contributed by atoms with Gasteiger partial charge in [0.15, 0.2) is 6.10 Å². The zero-order valence-electron chi connectivity index (χ0n) is 14.5. The fraction of sp³-hybridized carbons (Fsp3) is 0.211. The molecule has 1 N–H and O–H groups in total. The predicted molar refractivity (Wildman–Crippen MR) is 97.4 cm³/mol. The van der Waals surface area contributed by atoms with Gasteiger partial charge in [-0.3, -0.25) is 4.79 Å². The Hall–Kier alpha value is -3.04. The lowest BCUT2D eigenvalue weighted by Gasteiger charge is -2.18. The smallest absolute Gasteiger partial charge is 0.341 e. The van der Waals surface area contributed by atoms with Gasteiger partial charge in [-0.1, -0.05) is 17.7 Å². The number of halogens is 1. The lowest BCUT2D eigenvalue weighted by molar-refractivity contribution is -0.122. The summed E-state index contributed by atoms with van der Waals surface area (Å²) in [6.45, 7) is 3.32. The van der Waals surface area contributed by atoms with Crippen molar-refractivity contribution in [3.05, 3.63) is 58.1 Å². The largest absolute Gasteiger partial charge is 0.481 e. The van der Waals surface area contributed by atoms with E-state index < -0.39 is 18.0 Å². The molecule has 0 bridgehead atoms. The van der Waals surface area contributed by atoms with Crippen LogP contribution in [-0.2, 0) is 9.53 Å².